The lowest BCUT2D eigenvalue weighted by Crippen LogP contribution is -2.09. The van der Waals surface area contributed by atoms with Gasteiger partial charge in [0.25, 0.3) is 0 Å². The van der Waals surface area contributed by atoms with E-state index in [-0.39, 0.29) is 6.10 Å². The summed E-state index contributed by atoms with van der Waals surface area (Å²) >= 11 is 0. The first kappa shape index (κ1) is 14.2. The Balaban J connectivity index is 1.53. The van der Waals surface area contributed by atoms with Gasteiger partial charge in [0.15, 0.2) is 0 Å². The van der Waals surface area contributed by atoms with E-state index in [2.05, 4.69) is 30.3 Å². The zero-order valence-electron chi connectivity index (χ0n) is 12.3. The molecule has 0 saturated heterocycles. The van der Waals surface area contributed by atoms with Gasteiger partial charge < -0.3 is 9.84 Å². The highest BCUT2D eigenvalue weighted by Crippen LogP contribution is 2.32. The Morgan fingerprint density at radius 2 is 1.95 bits per heavy atom. The molecule has 1 aliphatic rings. The third kappa shape index (κ3) is 3.64. The van der Waals surface area contributed by atoms with Crippen molar-refractivity contribution in [2.75, 3.05) is 6.61 Å². The molecule has 2 heteroatoms. The third-order valence-corrected chi connectivity index (χ3v) is 4.12. The number of hydrogen-bond acceptors (Lipinski definition) is 2. The number of aliphatic hydroxyl groups is 1. The van der Waals surface area contributed by atoms with Gasteiger partial charge in [0.1, 0.15) is 5.75 Å². The zero-order valence-corrected chi connectivity index (χ0v) is 12.3. The molecular weight excluding hydrogens is 260 g/mol. The van der Waals surface area contributed by atoms with Gasteiger partial charge in [-0.2, -0.15) is 0 Å². The predicted molar refractivity (Wildman–Crippen MR) is 84.6 cm³/mol. The molecule has 2 aromatic carbocycles. The molecule has 0 saturated carbocycles. The number of aryl methyl sites for hydroxylation is 2. The van der Waals surface area contributed by atoms with Crippen molar-refractivity contribution in [1.29, 1.82) is 0 Å². The molecule has 0 unspecified atom stereocenters. The molecule has 0 radical (unpaired) electrons. The van der Waals surface area contributed by atoms with E-state index in [9.17, 15) is 5.11 Å². The number of fused-ring (bicyclic) bond motifs is 1. The molecule has 1 N–H and O–H groups in total. The second kappa shape index (κ2) is 6.77. The fourth-order valence-corrected chi connectivity index (χ4v) is 2.95. The average molecular weight is 282 g/mol. The molecule has 0 heterocycles. The Labute approximate surface area is 126 Å². The van der Waals surface area contributed by atoms with Crippen molar-refractivity contribution in [3.05, 3.63) is 65.2 Å². The Hall–Kier alpha value is -1.80. The Morgan fingerprint density at radius 3 is 2.81 bits per heavy atom. The van der Waals surface area contributed by atoms with Crippen LogP contribution in [0.3, 0.4) is 0 Å². The number of hydrogen-bond donors (Lipinski definition) is 1. The summed E-state index contributed by atoms with van der Waals surface area (Å²) < 4.78 is 5.83. The molecule has 0 spiro atoms. The van der Waals surface area contributed by atoms with Gasteiger partial charge in [-0.05, 0) is 60.9 Å². The topological polar surface area (TPSA) is 29.5 Å². The first-order valence-corrected chi connectivity index (χ1v) is 7.80. The van der Waals surface area contributed by atoms with Crippen LogP contribution in [0.4, 0.5) is 0 Å². The Kier molecular flexibility index (Phi) is 4.56. The predicted octanol–water partition coefficient (Wildman–Crippen LogP) is 4.07. The monoisotopic (exact) mass is 282 g/mol. The maximum atomic E-state index is 10.1. The maximum Gasteiger partial charge on any atom is 0.119 e. The van der Waals surface area contributed by atoms with Crippen molar-refractivity contribution in [2.24, 2.45) is 0 Å². The van der Waals surface area contributed by atoms with Gasteiger partial charge in [0.05, 0.1) is 12.7 Å². The van der Waals surface area contributed by atoms with E-state index in [0.717, 1.165) is 43.4 Å². The SMILES string of the molecule is O[C@@H]1CCCc2ccc(OCCCc3ccccc3)cc21. The summed E-state index contributed by atoms with van der Waals surface area (Å²) in [6, 6.07) is 16.6. The molecule has 21 heavy (non-hydrogen) atoms. The first-order chi connectivity index (χ1) is 10.3. The van der Waals surface area contributed by atoms with Gasteiger partial charge in [-0.15, -0.1) is 0 Å². The van der Waals surface area contributed by atoms with Crippen molar-refractivity contribution in [2.45, 2.75) is 38.2 Å². The summed E-state index contributed by atoms with van der Waals surface area (Å²) in [4.78, 5) is 0. The Morgan fingerprint density at radius 1 is 1.10 bits per heavy atom. The molecule has 3 rings (SSSR count). The maximum absolute atomic E-state index is 10.1. The standard InChI is InChI=1S/C19H22O2/c20-19-10-4-9-16-11-12-17(14-18(16)19)21-13-5-8-15-6-2-1-3-7-15/h1-3,6-7,11-12,14,19-20H,4-5,8-10,13H2/t19-/m1/s1. The van der Waals surface area contributed by atoms with E-state index in [1.807, 2.05) is 18.2 Å². The molecule has 1 atom stereocenters. The zero-order chi connectivity index (χ0) is 14.5. The van der Waals surface area contributed by atoms with Crippen LogP contribution >= 0.6 is 0 Å². The minimum absolute atomic E-state index is 0.318. The van der Waals surface area contributed by atoms with E-state index in [1.54, 1.807) is 0 Å². The highest BCUT2D eigenvalue weighted by molar-refractivity contribution is 5.38. The van der Waals surface area contributed by atoms with Crippen LogP contribution in [-0.4, -0.2) is 11.7 Å². The number of ether oxygens (including phenoxy) is 1. The number of rotatable bonds is 5. The molecule has 0 aromatic heterocycles. The minimum atomic E-state index is -0.318. The highest BCUT2D eigenvalue weighted by atomic mass is 16.5. The van der Waals surface area contributed by atoms with Crippen molar-refractivity contribution < 1.29 is 9.84 Å². The largest absolute Gasteiger partial charge is 0.494 e. The minimum Gasteiger partial charge on any atom is -0.494 e. The van der Waals surface area contributed by atoms with E-state index < -0.39 is 0 Å². The molecular formula is C19H22O2. The fraction of sp³-hybridized carbons (Fsp3) is 0.368. The lowest BCUT2D eigenvalue weighted by molar-refractivity contribution is 0.156. The van der Waals surface area contributed by atoms with Crippen LogP contribution in [0.25, 0.3) is 0 Å². The summed E-state index contributed by atoms with van der Waals surface area (Å²) in [6.07, 6.45) is 4.73. The van der Waals surface area contributed by atoms with Crippen molar-refractivity contribution in [3.63, 3.8) is 0 Å². The van der Waals surface area contributed by atoms with Crippen LogP contribution in [0, 0.1) is 0 Å². The van der Waals surface area contributed by atoms with Crippen LogP contribution in [0.5, 0.6) is 5.75 Å². The summed E-state index contributed by atoms with van der Waals surface area (Å²) in [7, 11) is 0. The fourth-order valence-electron chi connectivity index (χ4n) is 2.95. The average Bonchev–Trinajstić information content (AvgIpc) is 2.53. The normalized spacial score (nSPS) is 17.3. The van der Waals surface area contributed by atoms with Gasteiger partial charge in [0.2, 0.25) is 0 Å². The van der Waals surface area contributed by atoms with Gasteiger partial charge in [-0.3, -0.25) is 0 Å². The number of aliphatic hydroxyl groups excluding tert-OH is 1. The van der Waals surface area contributed by atoms with Crippen molar-refractivity contribution >= 4 is 0 Å². The van der Waals surface area contributed by atoms with Crippen LogP contribution in [0.1, 0.15) is 42.1 Å². The van der Waals surface area contributed by atoms with Crippen molar-refractivity contribution in [1.82, 2.24) is 0 Å². The molecule has 110 valence electrons. The lowest BCUT2D eigenvalue weighted by atomic mass is 9.89. The van der Waals surface area contributed by atoms with Crippen LogP contribution in [0.15, 0.2) is 48.5 Å². The molecule has 0 bridgehead atoms. The van der Waals surface area contributed by atoms with Gasteiger partial charge in [-0.1, -0.05) is 36.4 Å². The second-order valence-electron chi connectivity index (χ2n) is 5.71. The molecule has 0 fully saturated rings. The molecule has 0 amide bonds. The van der Waals surface area contributed by atoms with E-state index >= 15 is 0 Å². The first-order valence-electron chi connectivity index (χ1n) is 7.80. The Bertz CT molecular complexity index is 577. The highest BCUT2D eigenvalue weighted by Gasteiger charge is 2.18. The second-order valence-corrected chi connectivity index (χ2v) is 5.71. The summed E-state index contributed by atoms with van der Waals surface area (Å²) in [5.41, 5.74) is 3.68. The smallest absolute Gasteiger partial charge is 0.119 e. The van der Waals surface area contributed by atoms with Gasteiger partial charge >= 0.3 is 0 Å². The molecule has 0 aliphatic heterocycles. The van der Waals surface area contributed by atoms with E-state index in [0.29, 0.717) is 6.61 Å². The number of benzene rings is 2. The molecule has 1 aliphatic carbocycles. The quantitative estimate of drug-likeness (QED) is 0.838. The van der Waals surface area contributed by atoms with Crippen LogP contribution in [-0.2, 0) is 12.8 Å². The van der Waals surface area contributed by atoms with Crippen LogP contribution in [0.2, 0.25) is 0 Å². The van der Waals surface area contributed by atoms with E-state index in [1.165, 1.54) is 11.1 Å². The third-order valence-electron chi connectivity index (χ3n) is 4.12. The van der Waals surface area contributed by atoms with Gasteiger partial charge in [0, 0.05) is 0 Å². The summed E-state index contributed by atoms with van der Waals surface area (Å²) in [5.74, 6) is 0.878. The molecule has 2 aromatic rings. The van der Waals surface area contributed by atoms with Crippen LogP contribution < -0.4 is 4.74 Å². The van der Waals surface area contributed by atoms with E-state index in [4.69, 9.17) is 4.74 Å². The summed E-state index contributed by atoms with van der Waals surface area (Å²) in [6.45, 7) is 0.712. The lowest BCUT2D eigenvalue weighted by Gasteiger charge is -2.22. The van der Waals surface area contributed by atoms with Gasteiger partial charge in [-0.25, -0.2) is 0 Å². The van der Waals surface area contributed by atoms with Crippen molar-refractivity contribution in [3.8, 4) is 5.75 Å². The summed E-state index contributed by atoms with van der Waals surface area (Å²) in [5, 5.41) is 10.1. The molecule has 2 nitrogen and oxygen atoms in total.